The first-order chi connectivity index (χ1) is 9.53. The summed E-state index contributed by atoms with van der Waals surface area (Å²) in [6.07, 6.45) is 1.26. The van der Waals surface area contributed by atoms with Gasteiger partial charge in [0.15, 0.2) is 5.84 Å². The molecule has 5 N–H and O–H groups in total. The van der Waals surface area contributed by atoms with Crippen molar-refractivity contribution < 1.29 is 19.8 Å². The van der Waals surface area contributed by atoms with E-state index in [9.17, 15) is 9.90 Å². The highest BCUT2D eigenvalue weighted by Crippen LogP contribution is 2.22. The predicted molar refractivity (Wildman–Crippen MR) is 74.2 cm³/mol. The maximum absolute atomic E-state index is 12.1. The second-order valence-electron chi connectivity index (χ2n) is 4.22. The molecule has 7 heteroatoms. The van der Waals surface area contributed by atoms with Gasteiger partial charge in [0.05, 0.1) is 18.7 Å². The topological polar surface area (TPSA) is 117 Å². The number of nitrogens with two attached hydrogens (primary N) is 1. The van der Waals surface area contributed by atoms with Crippen LogP contribution in [0.2, 0.25) is 0 Å². The van der Waals surface area contributed by atoms with E-state index in [0.717, 1.165) is 6.42 Å². The number of carbonyl (C=O) groups excluding carboxylic acids is 1. The Hall–Kier alpha value is -2.44. The van der Waals surface area contributed by atoms with Crippen molar-refractivity contribution in [2.24, 2.45) is 10.9 Å². The molecule has 0 aromatic heterocycles. The van der Waals surface area contributed by atoms with E-state index in [1.165, 1.54) is 19.2 Å². The highest BCUT2D eigenvalue weighted by molar-refractivity contribution is 6.00. The number of amidine groups is 1. The fraction of sp³-hybridized carbons (Fsp3) is 0.385. The van der Waals surface area contributed by atoms with Gasteiger partial charge in [-0.25, -0.2) is 0 Å². The molecule has 1 atom stereocenters. The molecule has 0 bridgehead atoms. The van der Waals surface area contributed by atoms with Gasteiger partial charge in [0.1, 0.15) is 11.5 Å². The molecule has 1 aromatic carbocycles. The normalized spacial score (nSPS) is 12.8. The number of hydrogen-bond acceptors (Lipinski definition) is 5. The van der Waals surface area contributed by atoms with Gasteiger partial charge in [0.25, 0.3) is 5.91 Å². The summed E-state index contributed by atoms with van der Waals surface area (Å²) in [6.45, 7) is 1.91. The maximum atomic E-state index is 12.1. The highest BCUT2D eigenvalue weighted by Gasteiger charge is 2.19. The van der Waals surface area contributed by atoms with Crippen LogP contribution < -0.4 is 15.8 Å². The van der Waals surface area contributed by atoms with E-state index < -0.39 is 11.9 Å². The monoisotopic (exact) mass is 281 g/mol. The van der Waals surface area contributed by atoms with Crippen molar-refractivity contribution in [1.29, 1.82) is 0 Å². The van der Waals surface area contributed by atoms with Gasteiger partial charge in [-0.15, -0.1) is 0 Å². The van der Waals surface area contributed by atoms with Crippen LogP contribution in [0.25, 0.3) is 0 Å². The summed E-state index contributed by atoms with van der Waals surface area (Å²) in [6, 6.07) is 3.73. The van der Waals surface area contributed by atoms with Crippen LogP contribution in [0.5, 0.6) is 11.5 Å². The van der Waals surface area contributed by atoms with Crippen molar-refractivity contribution in [2.45, 2.75) is 25.8 Å². The summed E-state index contributed by atoms with van der Waals surface area (Å²) in [4.78, 5) is 12.1. The van der Waals surface area contributed by atoms with E-state index in [-0.39, 0.29) is 17.1 Å². The Balaban J connectivity index is 2.94. The largest absolute Gasteiger partial charge is 0.507 e. The van der Waals surface area contributed by atoms with Crippen LogP contribution in [0, 0.1) is 0 Å². The van der Waals surface area contributed by atoms with Crippen molar-refractivity contribution in [3.05, 3.63) is 23.8 Å². The van der Waals surface area contributed by atoms with Gasteiger partial charge in [0.2, 0.25) is 0 Å². The Morgan fingerprint density at radius 1 is 1.55 bits per heavy atom. The fourth-order valence-corrected chi connectivity index (χ4v) is 1.71. The van der Waals surface area contributed by atoms with Crippen molar-refractivity contribution in [3.8, 4) is 11.5 Å². The lowest BCUT2D eigenvalue weighted by Gasteiger charge is -2.17. The molecule has 0 aliphatic carbocycles. The third-order valence-electron chi connectivity index (χ3n) is 2.80. The first-order valence-corrected chi connectivity index (χ1v) is 6.18. The van der Waals surface area contributed by atoms with Crippen molar-refractivity contribution in [3.63, 3.8) is 0 Å². The number of ether oxygens (including phenoxy) is 1. The number of oxime groups is 1. The van der Waals surface area contributed by atoms with E-state index in [2.05, 4.69) is 10.5 Å². The Morgan fingerprint density at radius 2 is 2.25 bits per heavy atom. The molecule has 0 heterocycles. The SMILES string of the molecule is CCCC(NC(=O)c1cc(OC)ccc1O)C(N)=NO. The summed E-state index contributed by atoms with van der Waals surface area (Å²) in [7, 11) is 1.46. The fourth-order valence-electron chi connectivity index (χ4n) is 1.71. The molecule has 1 rings (SSSR count). The number of rotatable bonds is 6. The average Bonchev–Trinajstić information content (AvgIpc) is 2.46. The minimum absolute atomic E-state index is 0.0659. The molecule has 1 aromatic rings. The van der Waals surface area contributed by atoms with Crippen LogP contribution in [-0.4, -0.2) is 35.2 Å². The van der Waals surface area contributed by atoms with E-state index in [4.69, 9.17) is 15.7 Å². The minimum atomic E-state index is -0.594. The van der Waals surface area contributed by atoms with Crippen LogP contribution in [0.3, 0.4) is 0 Å². The van der Waals surface area contributed by atoms with Gasteiger partial charge in [-0.05, 0) is 24.6 Å². The third-order valence-corrected chi connectivity index (χ3v) is 2.80. The van der Waals surface area contributed by atoms with Crippen LogP contribution in [0.1, 0.15) is 30.1 Å². The van der Waals surface area contributed by atoms with E-state index in [0.29, 0.717) is 12.2 Å². The average molecular weight is 281 g/mol. The smallest absolute Gasteiger partial charge is 0.255 e. The molecule has 0 fully saturated rings. The molecule has 110 valence electrons. The number of nitrogens with zero attached hydrogens (tertiary/aromatic N) is 1. The molecule has 0 radical (unpaired) electrons. The van der Waals surface area contributed by atoms with Crippen molar-refractivity contribution in [2.75, 3.05) is 7.11 Å². The quantitative estimate of drug-likeness (QED) is 0.269. The van der Waals surface area contributed by atoms with Gasteiger partial charge in [-0.1, -0.05) is 18.5 Å². The van der Waals surface area contributed by atoms with Crippen molar-refractivity contribution >= 4 is 11.7 Å². The molecule has 0 aliphatic rings. The second kappa shape index (κ2) is 7.22. The summed E-state index contributed by atoms with van der Waals surface area (Å²) in [5.41, 5.74) is 5.59. The standard InChI is InChI=1S/C13H19N3O4/c1-3-4-10(12(14)16-19)15-13(18)9-7-8(20-2)5-6-11(9)17/h5-7,10,17,19H,3-4H2,1-2H3,(H2,14,16)(H,15,18). The maximum Gasteiger partial charge on any atom is 0.255 e. The zero-order valence-corrected chi connectivity index (χ0v) is 11.5. The van der Waals surface area contributed by atoms with Crippen LogP contribution in [0.4, 0.5) is 0 Å². The Kier molecular flexibility index (Phi) is 5.64. The van der Waals surface area contributed by atoms with Gasteiger partial charge >= 0.3 is 0 Å². The zero-order valence-electron chi connectivity index (χ0n) is 11.5. The highest BCUT2D eigenvalue weighted by atomic mass is 16.5. The number of methoxy groups -OCH3 is 1. The summed E-state index contributed by atoms with van der Waals surface area (Å²) >= 11 is 0. The number of hydrogen-bond donors (Lipinski definition) is 4. The molecule has 7 nitrogen and oxygen atoms in total. The van der Waals surface area contributed by atoms with Gasteiger partial charge in [0, 0.05) is 0 Å². The molecular formula is C13H19N3O4. The third kappa shape index (κ3) is 3.78. The van der Waals surface area contributed by atoms with Crippen LogP contribution in [0.15, 0.2) is 23.4 Å². The first-order valence-electron chi connectivity index (χ1n) is 6.18. The van der Waals surface area contributed by atoms with Crippen molar-refractivity contribution in [1.82, 2.24) is 5.32 Å². The molecule has 0 saturated carbocycles. The lowest BCUT2D eigenvalue weighted by atomic mass is 10.1. The van der Waals surface area contributed by atoms with Crippen LogP contribution >= 0.6 is 0 Å². The zero-order chi connectivity index (χ0) is 15.1. The molecule has 1 unspecified atom stereocenters. The number of aromatic hydroxyl groups is 1. The number of carbonyl (C=O) groups is 1. The summed E-state index contributed by atoms with van der Waals surface area (Å²) in [5, 5.41) is 23.9. The van der Waals surface area contributed by atoms with Crippen LogP contribution in [-0.2, 0) is 0 Å². The Labute approximate surface area is 117 Å². The Bertz CT molecular complexity index is 502. The number of phenolic OH excluding ortho intramolecular Hbond substituents is 1. The molecule has 20 heavy (non-hydrogen) atoms. The second-order valence-corrected chi connectivity index (χ2v) is 4.22. The summed E-state index contributed by atoms with van der Waals surface area (Å²) < 4.78 is 5.00. The predicted octanol–water partition coefficient (Wildman–Crippen LogP) is 1.05. The summed E-state index contributed by atoms with van der Waals surface area (Å²) in [5.74, 6) is -0.323. The van der Waals surface area contributed by atoms with Gasteiger partial charge < -0.3 is 26.1 Å². The number of benzene rings is 1. The van der Waals surface area contributed by atoms with E-state index in [1.807, 2.05) is 6.92 Å². The molecule has 0 spiro atoms. The number of nitrogens with one attached hydrogen (secondary N) is 1. The molecule has 0 saturated heterocycles. The van der Waals surface area contributed by atoms with E-state index in [1.54, 1.807) is 6.07 Å². The number of phenols is 1. The lowest BCUT2D eigenvalue weighted by Crippen LogP contribution is -2.44. The number of amides is 1. The van der Waals surface area contributed by atoms with Gasteiger partial charge in [-0.2, -0.15) is 0 Å². The molecule has 1 amide bonds. The first kappa shape index (κ1) is 15.6. The molecular weight excluding hydrogens is 262 g/mol. The minimum Gasteiger partial charge on any atom is -0.507 e. The molecule has 0 aliphatic heterocycles. The Morgan fingerprint density at radius 3 is 2.80 bits per heavy atom. The van der Waals surface area contributed by atoms with E-state index >= 15 is 0 Å². The lowest BCUT2D eigenvalue weighted by molar-refractivity contribution is 0.0942. The van der Waals surface area contributed by atoms with Gasteiger partial charge in [-0.3, -0.25) is 4.79 Å².